The second-order valence-electron chi connectivity index (χ2n) is 15.2. The molecule has 59 heavy (non-hydrogen) atoms. The van der Waals surface area contributed by atoms with Gasteiger partial charge in [0.25, 0.3) is 0 Å². The Labute approximate surface area is 343 Å². The summed E-state index contributed by atoms with van der Waals surface area (Å²) >= 11 is 0. The molecule has 1 saturated carbocycles. The number of methoxy groups -OCH3 is 2. The first-order valence-corrected chi connectivity index (χ1v) is 19.9. The lowest BCUT2D eigenvalue weighted by Gasteiger charge is -2.44. The second kappa shape index (κ2) is 16.9. The molecule has 3 N–H and O–H groups in total. The molecule has 1 aliphatic carbocycles. The predicted octanol–water partition coefficient (Wildman–Crippen LogP) is 6.35. The fourth-order valence-electron chi connectivity index (χ4n) is 8.30. The molecule has 15 nitrogen and oxygen atoms in total. The van der Waals surface area contributed by atoms with E-state index < -0.39 is 11.9 Å². The zero-order valence-electron chi connectivity index (χ0n) is 33.3. The first-order valence-electron chi connectivity index (χ1n) is 19.9. The molecule has 0 atom stereocenters. The minimum atomic E-state index is -0.702. The average molecular weight is 811 g/mol. The van der Waals surface area contributed by atoms with Gasteiger partial charge in [0, 0.05) is 88.2 Å². The summed E-state index contributed by atoms with van der Waals surface area (Å²) in [6.07, 6.45) is 10.2. The Bertz CT molecular complexity index is 2420. The summed E-state index contributed by atoms with van der Waals surface area (Å²) in [4.78, 5) is 49.5. The molecular weight excluding hydrogens is 760 g/mol. The average Bonchev–Trinajstić information content (AvgIpc) is 3.53. The van der Waals surface area contributed by atoms with Crippen molar-refractivity contribution in [3.05, 3.63) is 83.1 Å². The van der Waals surface area contributed by atoms with Gasteiger partial charge in [0.15, 0.2) is 5.82 Å². The third kappa shape index (κ3) is 8.22. The van der Waals surface area contributed by atoms with Crippen LogP contribution in [0.3, 0.4) is 0 Å². The van der Waals surface area contributed by atoms with Crippen LogP contribution in [0, 0.1) is 12.7 Å². The Morgan fingerprint density at radius 3 is 2.44 bits per heavy atom. The quantitative estimate of drug-likeness (QED) is 0.156. The number of aromatic nitrogens is 4. The summed E-state index contributed by atoms with van der Waals surface area (Å²) < 4.78 is 31.7. The lowest BCUT2D eigenvalue weighted by molar-refractivity contribution is -0.135. The molecular formula is C43H51FN8O7. The van der Waals surface area contributed by atoms with E-state index in [-0.39, 0.29) is 38.0 Å². The normalized spacial score (nSPS) is 16.9. The fourth-order valence-corrected chi connectivity index (χ4v) is 8.30. The number of nitrogens with zero attached hydrogens (tertiary/aromatic N) is 6. The molecule has 1 amide bonds. The minimum Gasteiger partial charge on any atom is -0.508 e. The van der Waals surface area contributed by atoms with Gasteiger partial charge in [-0.05, 0) is 80.0 Å². The number of hydrogen-bond acceptors (Lipinski definition) is 13. The Balaban J connectivity index is 0.000000314. The SMILES string of the molecule is COC(=O)c1ccc(O)cc1C(=O)OC.Cc1c(-c2cc3cc(Nc4cc5n(n4)CC(=O)N(C4CCN(C6CCC6)CC4)CC5)ncc3cc2F)cnc2c1NCCO2.[HH].[HH]. The summed E-state index contributed by atoms with van der Waals surface area (Å²) in [5, 5.41) is 22.1. The highest BCUT2D eigenvalue weighted by atomic mass is 19.1. The highest BCUT2D eigenvalue weighted by Gasteiger charge is 2.34. The monoisotopic (exact) mass is 810 g/mol. The third-order valence-electron chi connectivity index (χ3n) is 11.7. The molecule has 2 fully saturated rings. The van der Waals surface area contributed by atoms with Crippen LogP contribution in [0.1, 0.15) is 66.9 Å². The van der Waals surface area contributed by atoms with E-state index in [1.165, 1.54) is 51.7 Å². The first-order chi connectivity index (χ1) is 28.6. The number of carbonyl (C=O) groups excluding carboxylic acids is 3. The van der Waals surface area contributed by atoms with Crippen molar-refractivity contribution in [2.45, 2.75) is 64.1 Å². The number of rotatable bonds is 7. The third-order valence-corrected chi connectivity index (χ3v) is 11.7. The van der Waals surface area contributed by atoms with E-state index in [0.29, 0.717) is 53.2 Å². The molecule has 1 saturated heterocycles. The number of likely N-dealkylation sites (tertiary alicyclic amines) is 1. The number of pyridine rings is 2. The maximum Gasteiger partial charge on any atom is 0.338 e. The van der Waals surface area contributed by atoms with Crippen LogP contribution < -0.4 is 15.4 Å². The number of aromatic hydroxyl groups is 1. The van der Waals surface area contributed by atoms with Gasteiger partial charge in [0.05, 0.1) is 25.3 Å². The van der Waals surface area contributed by atoms with Gasteiger partial charge < -0.3 is 39.8 Å². The van der Waals surface area contributed by atoms with Crippen molar-refractivity contribution in [3.8, 4) is 22.8 Å². The number of hydrogen-bond donors (Lipinski definition) is 3. The molecule has 4 aliphatic rings. The van der Waals surface area contributed by atoms with Crippen LogP contribution >= 0.6 is 0 Å². The summed E-state index contributed by atoms with van der Waals surface area (Å²) in [6.45, 7) is 6.36. The van der Waals surface area contributed by atoms with Crippen molar-refractivity contribution in [2.75, 3.05) is 57.6 Å². The van der Waals surface area contributed by atoms with E-state index in [2.05, 4.69) is 39.9 Å². The minimum absolute atomic E-state index is 0. The number of benzene rings is 2. The van der Waals surface area contributed by atoms with Gasteiger partial charge in [-0.25, -0.2) is 23.9 Å². The summed E-state index contributed by atoms with van der Waals surface area (Å²) in [7, 11) is 2.39. The number of carbonyl (C=O) groups is 3. The highest BCUT2D eigenvalue weighted by Crippen LogP contribution is 2.38. The number of phenols is 1. The molecule has 0 spiro atoms. The van der Waals surface area contributed by atoms with Crippen molar-refractivity contribution in [1.29, 1.82) is 0 Å². The Hall–Kier alpha value is -6.29. The Kier molecular flexibility index (Phi) is 11.3. The first kappa shape index (κ1) is 39.5. The second-order valence-corrected chi connectivity index (χ2v) is 15.2. The van der Waals surface area contributed by atoms with Gasteiger partial charge in [-0.1, -0.05) is 6.42 Å². The van der Waals surface area contributed by atoms with E-state index in [1.54, 1.807) is 12.4 Å². The number of esters is 2. The largest absolute Gasteiger partial charge is 0.508 e. The molecule has 9 rings (SSSR count). The van der Waals surface area contributed by atoms with Crippen molar-refractivity contribution < 1.29 is 40.9 Å². The molecule has 5 aromatic rings. The highest BCUT2D eigenvalue weighted by molar-refractivity contribution is 6.03. The molecule has 2 aromatic carbocycles. The van der Waals surface area contributed by atoms with E-state index in [1.807, 2.05) is 29.8 Å². The van der Waals surface area contributed by atoms with Crippen LogP contribution in [0.25, 0.3) is 21.9 Å². The van der Waals surface area contributed by atoms with Crippen LogP contribution in [0.15, 0.2) is 54.9 Å². The molecule has 16 heteroatoms. The van der Waals surface area contributed by atoms with Crippen molar-refractivity contribution >= 4 is 45.9 Å². The molecule has 6 heterocycles. The molecule has 312 valence electrons. The summed E-state index contributed by atoms with van der Waals surface area (Å²) in [6, 6.07) is 12.1. The zero-order valence-corrected chi connectivity index (χ0v) is 33.3. The number of halogens is 1. The number of amides is 1. The van der Waals surface area contributed by atoms with Crippen LogP contribution in [0.5, 0.6) is 11.6 Å². The fraction of sp³-hybridized carbons (Fsp3) is 0.395. The van der Waals surface area contributed by atoms with E-state index >= 15 is 4.39 Å². The maximum absolute atomic E-state index is 15.3. The molecule has 3 aliphatic heterocycles. The lowest BCUT2D eigenvalue weighted by atomic mass is 9.89. The van der Waals surface area contributed by atoms with Gasteiger partial charge in [-0.2, -0.15) is 5.10 Å². The van der Waals surface area contributed by atoms with Gasteiger partial charge in [-0.3, -0.25) is 9.48 Å². The van der Waals surface area contributed by atoms with Crippen LogP contribution in [-0.4, -0.2) is 112 Å². The van der Waals surface area contributed by atoms with E-state index in [0.717, 1.165) is 73.3 Å². The van der Waals surface area contributed by atoms with Crippen molar-refractivity contribution in [1.82, 2.24) is 29.5 Å². The zero-order chi connectivity index (χ0) is 41.2. The van der Waals surface area contributed by atoms with Gasteiger partial charge in [0.1, 0.15) is 36.2 Å². The Morgan fingerprint density at radius 2 is 1.69 bits per heavy atom. The number of anilines is 3. The predicted molar refractivity (Wildman–Crippen MR) is 222 cm³/mol. The summed E-state index contributed by atoms with van der Waals surface area (Å²) in [5.74, 6) is 0.126. The number of piperidine rings is 1. The van der Waals surface area contributed by atoms with Gasteiger partial charge in [0.2, 0.25) is 11.8 Å². The lowest BCUT2D eigenvalue weighted by Crippen LogP contribution is -2.51. The van der Waals surface area contributed by atoms with E-state index in [4.69, 9.17) is 9.84 Å². The molecule has 0 bridgehead atoms. The maximum atomic E-state index is 15.3. The van der Waals surface area contributed by atoms with Crippen LogP contribution in [0.4, 0.5) is 21.7 Å². The number of ether oxygens (including phenoxy) is 3. The molecule has 3 aromatic heterocycles. The molecule has 0 radical (unpaired) electrons. The Morgan fingerprint density at radius 1 is 0.915 bits per heavy atom. The van der Waals surface area contributed by atoms with Gasteiger partial charge >= 0.3 is 11.9 Å². The smallest absolute Gasteiger partial charge is 0.338 e. The van der Waals surface area contributed by atoms with Crippen molar-refractivity contribution in [2.24, 2.45) is 0 Å². The summed E-state index contributed by atoms with van der Waals surface area (Å²) in [5.41, 5.74) is 3.96. The van der Waals surface area contributed by atoms with Crippen LogP contribution in [-0.2, 0) is 27.2 Å². The number of phenolic OH excluding ortho intramolecular Hbond substituents is 1. The number of nitrogens with one attached hydrogen (secondary N) is 2. The van der Waals surface area contributed by atoms with Crippen LogP contribution in [0.2, 0.25) is 0 Å². The molecule has 0 unspecified atom stereocenters. The number of fused-ring (bicyclic) bond motifs is 3. The standard InChI is InChI=1S/C33H37FN8O2.C10H10O5.2H2/c1-20-27(18-37-33-32(20)35-8-12-44-33)26-13-21-15-29(36-17-22(21)14-28(26)34)38-30-16-25-7-11-41(31(43)19-42(25)39-30)24-5-9-40(10-6-24)23-3-2-4-23;1-14-9(12)7-4-3-6(11)5-8(7)10(13)15-2;;/h13-18,23-24,35H,2-12,19H2,1H3,(H,36,38,39);3-5,11H,1-2H3;2*1H. The van der Waals surface area contributed by atoms with Gasteiger partial charge in [-0.15, -0.1) is 0 Å². The topological polar surface area (TPSA) is 173 Å². The van der Waals surface area contributed by atoms with E-state index in [9.17, 15) is 19.5 Å². The van der Waals surface area contributed by atoms with Crippen molar-refractivity contribution in [3.63, 3.8) is 0 Å².